The highest BCUT2D eigenvalue weighted by molar-refractivity contribution is 5.79. The van der Waals surface area contributed by atoms with E-state index in [9.17, 15) is 0 Å². The summed E-state index contributed by atoms with van der Waals surface area (Å²) in [5, 5.41) is 4.17. The Bertz CT molecular complexity index is 376. The summed E-state index contributed by atoms with van der Waals surface area (Å²) < 4.78 is 1.66. The molecule has 0 aliphatic rings. The van der Waals surface area contributed by atoms with E-state index < -0.39 is 0 Å². The summed E-state index contributed by atoms with van der Waals surface area (Å²) in [5.41, 5.74) is 1.08. The summed E-state index contributed by atoms with van der Waals surface area (Å²) in [6.45, 7) is 0. The van der Waals surface area contributed by atoms with E-state index in [2.05, 4.69) is 10.1 Å². The van der Waals surface area contributed by atoms with Crippen molar-refractivity contribution in [1.29, 1.82) is 0 Å². The lowest BCUT2D eigenvalue weighted by Crippen LogP contribution is -1.85. The van der Waals surface area contributed by atoms with Crippen LogP contribution in [0.5, 0.6) is 0 Å². The van der Waals surface area contributed by atoms with Gasteiger partial charge < -0.3 is 0 Å². The van der Waals surface area contributed by atoms with E-state index in [1.165, 1.54) is 0 Å². The van der Waals surface area contributed by atoms with Crippen LogP contribution in [-0.2, 0) is 0 Å². The Morgan fingerprint density at radius 2 is 2.08 bits per heavy atom. The van der Waals surface area contributed by atoms with Gasteiger partial charge in [0.25, 0.3) is 0 Å². The summed E-state index contributed by atoms with van der Waals surface area (Å²) in [7, 11) is 0. The molecule has 2 rings (SSSR count). The molecule has 2 aromatic rings. The van der Waals surface area contributed by atoms with E-state index in [1.807, 2.05) is 30.3 Å². The molecule has 0 saturated carbocycles. The number of benzene rings is 1. The third-order valence-electron chi connectivity index (χ3n) is 1.63. The van der Waals surface area contributed by atoms with Crippen LogP contribution >= 0.6 is 0 Å². The van der Waals surface area contributed by atoms with Gasteiger partial charge in [-0.1, -0.05) is 30.3 Å². The molecular weight excluding hydrogens is 162 g/mol. The molecule has 0 amide bonds. The van der Waals surface area contributed by atoms with Crippen molar-refractivity contribution < 1.29 is 0 Å². The van der Waals surface area contributed by atoms with Gasteiger partial charge in [0.05, 0.1) is 6.21 Å². The maximum atomic E-state index is 4.17. The molecular formula is C10H9N3. The fourth-order valence-corrected chi connectivity index (χ4v) is 0.993. The number of hydrogen-bond donors (Lipinski definition) is 0. The average Bonchev–Trinajstić information content (AvgIpc) is 2.69. The van der Waals surface area contributed by atoms with Crippen molar-refractivity contribution in [3.8, 4) is 0 Å². The van der Waals surface area contributed by atoms with Crippen LogP contribution in [0, 0.1) is 0 Å². The van der Waals surface area contributed by atoms with Crippen molar-refractivity contribution in [2.45, 2.75) is 0 Å². The molecule has 0 aliphatic carbocycles. The average molecular weight is 171 g/mol. The number of rotatable bonds is 2. The monoisotopic (exact) mass is 171 g/mol. The van der Waals surface area contributed by atoms with Gasteiger partial charge >= 0.3 is 0 Å². The second kappa shape index (κ2) is 3.67. The predicted molar refractivity (Wildman–Crippen MR) is 51.7 cm³/mol. The second-order valence-electron chi connectivity index (χ2n) is 2.60. The van der Waals surface area contributed by atoms with E-state index in [1.54, 1.807) is 29.6 Å². The molecule has 0 spiro atoms. The number of hydrogen-bond acceptors (Lipinski definition) is 2. The van der Waals surface area contributed by atoms with Gasteiger partial charge in [-0.25, -0.2) is 9.66 Å². The predicted octanol–water partition coefficient (Wildman–Crippen LogP) is 1.77. The Morgan fingerprint density at radius 1 is 1.23 bits per heavy atom. The first-order valence-electron chi connectivity index (χ1n) is 4.02. The topological polar surface area (TPSA) is 30.2 Å². The van der Waals surface area contributed by atoms with E-state index in [0.717, 1.165) is 5.56 Å². The van der Waals surface area contributed by atoms with Crippen LogP contribution in [0.2, 0.25) is 0 Å². The minimum Gasteiger partial charge on any atom is -0.243 e. The van der Waals surface area contributed by atoms with Crippen molar-refractivity contribution in [2.75, 3.05) is 0 Å². The summed E-state index contributed by atoms with van der Waals surface area (Å²) >= 11 is 0. The van der Waals surface area contributed by atoms with Gasteiger partial charge in [-0.15, -0.1) is 0 Å². The highest BCUT2D eigenvalue weighted by atomic mass is 15.3. The molecule has 0 radical (unpaired) electrons. The van der Waals surface area contributed by atoms with Gasteiger partial charge in [0.1, 0.15) is 6.33 Å². The number of nitrogens with zero attached hydrogens (tertiary/aromatic N) is 3. The van der Waals surface area contributed by atoms with Crippen molar-refractivity contribution in [3.63, 3.8) is 0 Å². The van der Waals surface area contributed by atoms with Crippen LogP contribution in [0.1, 0.15) is 5.56 Å². The lowest BCUT2D eigenvalue weighted by Gasteiger charge is -1.91. The van der Waals surface area contributed by atoms with E-state index in [0.29, 0.717) is 0 Å². The second-order valence-corrected chi connectivity index (χ2v) is 2.60. The Labute approximate surface area is 76.4 Å². The van der Waals surface area contributed by atoms with Crippen molar-refractivity contribution >= 4 is 6.21 Å². The molecule has 64 valence electrons. The molecule has 0 saturated heterocycles. The number of imidazole rings is 1. The molecule has 1 aromatic heterocycles. The van der Waals surface area contributed by atoms with Gasteiger partial charge in [0.15, 0.2) is 0 Å². The maximum Gasteiger partial charge on any atom is 0.116 e. The first-order valence-corrected chi connectivity index (χ1v) is 4.02. The Hall–Kier alpha value is -1.90. The quantitative estimate of drug-likeness (QED) is 0.633. The largest absolute Gasteiger partial charge is 0.243 e. The third-order valence-corrected chi connectivity index (χ3v) is 1.63. The fourth-order valence-electron chi connectivity index (χ4n) is 0.993. The van der Waals surface area contributed by atoms with Gasteiger partial charge in [-0.2, -0.15) is 5.10 Å². The molecule has 1 aromatic carbocycles. The van der Waals surface area contributed by atoms with Crippen molar-refractivity contribution in [2.24, 2.45) is 5.10 Å². The zero-order valence-corrected chi connectivity index (χ0v) is 7.04. The normalized spacial score (nSPS) is 10.8. The molecule has 0 fully saturated rings. The van der Waals surface area contributed by atoms with Crippen LogP contribution < -0.4 is 0 Å². The summed E-state index contributed by atoms with van der Waals surface area (Å²) in [6.07, 6.45) is 6.93. The van der Waals surface area contributed by atoms with Crippen LogP contribution in [0.15, 0.2) is 54.2 Å². The van der Waals surface area contributed by atoms with Crippen molar-refractivity contribution in [1.82, 2.24) is 9.66 Å². The summed E-state index contributed by atoms with van der Waals surface area (Å²) in [4.78, 5) is 3.88. The molecule has 1 heterocycles. The van der Waals surface area contributed by atoms with Crippen LogP contribution in [0.4, 0.5) is 0 Å². The fraction of sp³-hybridized carbons (Fsp3) is 0. The Kier molecular flexibility index (Phi) is 2.18. The van der Waals surface area contributed by atoms with E-state index in [4.69, 9.17) is 0 Å². The number of aromatic nitrogens is 2. The highest BCUT2D eigenvalue weighted by Crippen LogP contribution is 1.94. The lowest BCUT2D eigenvalue weighted by molar-refractivity contribution is 0.882. The minimum absolute atomic E-state index is 1.08. The van der Waals surface area contributed by atoms with Crippen LogP contribution in [-0.4, -0.2) is 15.9 Å². The molecule has 0 N–H and O–H groups in total. The summed E-state index contributed by atoms with van der Waals surface area (Å²) in [5.74, 6) is 0. The van der Waals surface area contributed by atoms with Crippen LogP contribution in [0.25, 0.3) is 0 Å². The Balaban J connectivity index is 2.15. The van der Waals surface area contributed by atoms with E-state index in [-0.39, 0.29) is 0 Å². The molecule has 3 heteroatoms. The van der Waals surface area contributed by atoms with Crippen LogP contribution in [0.3, 0.4) is 0 Å². The molecule has 0 atom stereocenters. The van der Waals surface area contributed by atoms with Gasteiger partial charge in [0.2, 0.25) is 0 Å². The SMILES string of the molecule is C(=N/n1ccnc1)/c1ccccc1. The molecule has 13 heavy (non-hydrogen) atoms. The minimum atomic E-state index is 1.08. The maximum absolute atomic E-state index is 4.17. The van der Waals surface area contributed by atoms with Gasteiger partial charge in [-0.05, 0) is 5.56 Å². The zero-order valence-electron chi connectivity index (χ0n) is 7.04. The Morgan fingerprint density at radius 3 is 2.77 bits per heavy atom. The first-order chi connectivity index (χ1) is 6.45. The standard InChI is InChI=1S/C10H9N3/c1-2-4-10(5-3-1)8-12-13-7-6-11-9-13/h1-9H/b12-8-. The molecule has 0 aliphatic heterocycles. The molecule has 0 unspecified atom stereocenters. The summed E-state index contributed by atoms with van der Waals surface area (Å²) in [6, 6.07) is 9.94. The smallest absolute Gasteiger partial charge is 0.116 e. The van der Waals surface area contributed by atoms with E-state index >= 15 is 0 Å². The molecule has 0 bridgehead atoms. The van der Waals surface area contributed by atoms with Gasteiger partial charge in [0, 0.05) is 12.4 Å². The zero-order chi connectivity index (χ0) is 8.93. The highest BCUT2D eigenvalue weighted by Gasteiger charge is 1.84. The first kappa shape index (κ1) is 7.73. The lowest BCUT2D eigenvalue weighted by atomic mass is 10.2. The van der Waals surface area contributed by atoms with Crippen molar-refractivity contribution in [3.05, 3.63) is 54.6 Å². The molecule has 3 nitrogen and oxygen atoms in total. The third kappa shape index (κ3) is 2.02. The van der Waals surface area contributed by atoms with Gasteiger partial charge in [-0.3, -0.25) is 0 Å².